The van der Waals surface area contributed by atoms with Crippen molar-refractivity contribution < 1.29 is 36.2 Å². The van der Waals surface area contributed by atoms with Gasteiger partial charge in [-0.15, -0.1) is 13.2 Å². The molecular weight excluding hydrogens is 336 g/mol. The lowest BCUT2D eigenvalue weighted by Gasteiger charge is -2.14. The van der Waals surface area contributed by atoms with Gasteiger partial charge in [0.05, 0.1) is 5.69 Å². The van der Waals surface area contributed by atoms with Crippen LogP contribution >= 0.6 is 15.9 Å². The van der Waals surface area contributed by atoms with E-state index in [0.717, 1.165) is 0 Å². The highest BCUT2D eigenvalue weighted by molar-refractivity contribution is 9.08. The van der Waals surface area contributed by atoms with Crippen molar-refractivity contribution in [2.24, 2.45) is 0 Å². The quantitative estimate of drug-likeness (QED) is 0.661. The highest BCUT2D eigenvalue weighted by atomic mass is 79.9. The van der Waals surface area contributed by atoms with E-state index < -0.39 is 35.4 Å². The van der Waals surface area contributed by atoms with Crippen LogP contribution in [0.3, 0.4) is 0 Å². The Morgan fingerprint density at radius 1 is 1.22 bits per heavy atom. The number of nitrogens with zero attached hydrogens (tertiary/aromatic N) is 1. The first-order valence-corrected chi connectivity index (χ1v) is 5.28. The number of halogens is 7. The molecule has 0 unspecified atom stereocenters. The van der Waals surface area contributed by atoms with Crippen molar-refractivity contribution in [2.75, 3.05) is 0 Å². The summed E-state index contributed by atoms with van der Waals surface area (Å²) in [6.07, 6.45) is -10.2. The molecule has 0 spiro atoms. The summed E-state index contributed by atoms with van der Waals surface area (Å²) in [5.41, 5.74) is -2.20. The molecule has 0 fully saturated rings. The van der Waals surface area contributed by atoms with Crippen LogP contribution in [0, 0.1) is 0 Å². The lowest BCUT2D eigenvalue weighted by molar-refractivity contribution is -0.275. The lowest BCUT2D eigenvalue weighted by atomic mass is 10.2. The van der Waals surface area contributed by atoms with Crippen LogP contribution in [-0.4, -0.2) is 16.5 Å². The molecule has 10 heteroatoms. The number of hydrogen-bond donors (Lipinski definition) is 1. The topological polar surface area (TPSA) is 42.4 Å². The van der Waals surface area contributed by atoms with Crippen LogP contribution in [0.2, 0.25) is 0 Å². The largest absolute Gasteiger partial charge is 0.573 e. The second-order valence-corrected chi connectivity index (χ2v) is 3.54. The molecule has 0 aromatic carbocycles. The van der Waals surface area contributed by atoms with E-state index in [0.29, 0.717) is 0 Å². The van der Waals surface area contributed by atoms with E-state index in [2.05, 4.69) is 25.7 Å². The standard InChI is InChI=1S/C8H4BrF6NO2/c9-2-3-6(17)4(18-8(13,14)15)1-5(16-3)7(10,11)12/h1,17H,2H2. The van der Waals surface area contributed by atoms with E-state index >= 15 is 0 Å². The minimum atomic E-state index is -5.22. The van der Waals surface area contributed by atoms with Crippen LogP contribution in [0.15, 0.2) is 6.07 Å². The normalized spacial score (nSPS) is 12.6. The number of aromatic nitrogens is 1. The maximum Gasteiger partial charge on any atom is 0.573 e. The second kappa shape index (κ2) is 4.82. The van der Waals surface area contributed by atoms with Gasteiger partial charge in [-0.25, -0.2) is 4.98 Å². The lowest BCUT2D eigenvalue weighted by Crippen LogP contribution is -2.19. The molecule has 1 N–H and O–H groups in total. The third kappa shape index (κ3) is 3.65. The SMILES string of the molecule is Oc1c(OC(F)(F)F)cc(C(F)(F)F)nc1CBr. The molecule has 0 atom stereocenters. The summed E-state index contributed by atoms with van der Waals surface area (Å²) in [6, 6.07) is -0.0189. The Kier molecular flexibility index (Phi) is 3.99. The Hall–Kier alpha value is -1.19. The monoisotopic (exact) mass is 339 g/mol. The van der Waals surface area contributed by atoms with Crippen molar-refractivity contribution >= 4 is 15.9 Å². The van der Waals surface area contributed by atoms with Crippen molar-refractivity contribution in [1.29, 1.82) is 0 Å². The molecule has 0 aliphatic carbocycles. The summed E-state index contributed by atoms with van der Waals surface area (Å²) in [4.78, 5) is 2.98. The predicted octanol–water partition coefficient (Wildman–Crippen LogP) is 3.60. The van der Waals surface area contributed by atoms with E-state index in [4.69, 9.17) is 0 Å². The number of pyridine rings is 1. The first kappa shape index (κ1) is 14.9. The van der Waals surface area contributed by atoms with E-state index in [1.54, 1.807) is 0 Å². The van der Waals surface area contributed by atoms with Gasteiger partial charge in [-0.2, -0.15) is 13.2 Å². The molecule has 1 aromatic heterocycles. The number of alkyl halides is 7. The summed E-state index contributed by atoms with van der Waals surface area (Å²) < 4.78 is 76.2. The zero-order valence-corrected chi connectivity index (χ0v) is 9.82. The Bertz CT molecular complexity index is 444. The highest BCUT2D eigenvalue weighted by Gasteiger charge is 2.37. The van der Waals surface area contributed by atoms with E-state index in [1.807, 2.05) is 0 Å². The van der Waals surface area contributed by atoms with Gasteiger partial charge in [-0.3, -0.25) is 0 Å². The molecule has 3 nitrogen and oxygen atoms in total. The number of aromatic hydroxyl groups is 1. The fourth-order valence-electron chi connectivity index (χ4n) is 1.01. The average molecular weight is 340 g/mol. The molecule has 0 aliphatic rings. The third-order valence-corrected chi connectivity index (χ3v) is 2.20. The van der Waals surface area contributed by atoms with Gasteiger partial charge in [0, 0.05) is 11.4 Å². The van der Waals surface area contributed by atoms with Crippen molar-refractivity contribution in [3.05, 3.63) is 17.5 Å². The number of rotatable bonds is 2. The molecule has 0 saturated carbocycles. The van der Waals surface area contributed by atoms with Crippen LogP contribution in [0.1, 0.15) is 11.4 Å². The fraction of sp³-hybridized carbons (Fsp3) is 0.375. The van der Waals surface area contributed by atoms with Crippen molar-refractivity contribution in [3.63, 3.8) is 0 Å². The number of hydrogen-bond acceptors (Lipinski definition) is 3. The minimum absolute atomic E-state index is 0.0189. The molecule has 0 radical (unpaired) electrons. The van der Waals surface area contributed by atoms with Crippen LogP contribution in [-0.2, 0) is 11.5 Å². The van der Waals surface area contributed by atoms with Gasteiger partial charge < -0.3 is 9.84 Å². The zero-order chi connectivity index (χ0) is 14.1. The Morgan fingerprint density at radius 3 is 2.17 bits per heavy atom. The average Bonchev–Trinajstić information content (AvgIpc) is 2.17. The highest BCUT2D eigenvalue weighted by Crippen LogP contribution is 2.39. The van der Waals surface area contributed by atoms with Crippen molar-refractivity contribution in [3.8, 4) is 11.5 Å². The van der Waals surface area contributed by atoms with E-state index in [9.17, 15) is 31.4 Å². The molecule has 0 bridgehead atoms. The molecule has 1 aromatic rings. The maximum absolute atomic E-state index is 12.4. The van der Waals surface area contributed by atoms with Gasteiger partial charge in [0.2, 0.25) is 0 Å². The molecular formula is C8H4BrF6NO2. The molecule has 0 saturated heterocycles. The Balaban J connectivity index is 3.32. The fourth-order valence-corrected chi connectivity index (χ4v) is 1.40. The molecule has 0 amide bonds. The molecule has 1 heterocycles. The van der Waals surface area contributed by atoms with Crippen LogP contribution in [0.4, 0.5) is 26.3 Å². The Morgan fingerprint density at radius 2 is 1.78 bits per heavy atom. The molecule has 102 valence electrons. The summed E-state index contributed by atoms with van der Waals surface area (Å²) in [7, 11) is 0. The zero-order valence-electron chi connectivity index (χ0n) is 8.23. The van der Waals surface area contributed by atoms with Crippen molar-refractivity contribution in [1.82, 2.24) is 4.98 Å². The molecule has 18 heavy (non-hydrogen) atoms. The van der Waals surface area contributed by atoms with Gasteiger partial charge in [-0.1, -0.05) is 15.9 Å². The van der Waals surface area contributed by atoms with Crippen LogP contribution < -0.4 is 4.74 Å². The van der Waals surface area contributed by atoms with Gasteiger partial charge in [-0.05, 0) is 0 Å². The summed E-state index contributed by atoms with van der Waals surface area (Å²) in [5, 5.41) is 8.89. The summed E-state index contributed by atoms with van der Waals surface area (Å²) in [6.45, 7) is 0. The van der Waals surface area contributed by atoms with Crippen molar-refractivity contribution in [2.45, 2.75) is 17.9 Å². The predicted molar refractivity (Wildman–Crippen MR) is 50.2 cm³/mol. The van der Waals surface area contributed by atoms with Gasteiger partial charge in [0.15, 0.2) is 11.5 Å². The third-order valence-electron chi connectivity index (χ3n) is 1.67. The summed E-state index contributed by atoms with van der Waals surface area (Å²) >= 11 is 2.70. The van der Waals surface area contributed by atoms with Gasteiger partial charge >= 0.3 is 12.5 Å². The van der Waals surface area contributed by atoms with Crippen LogP contribution in [0.25, 0.3) is 0 Å². The second-order valence-electron chi connectivity index (χ2n) is 2.98. The van der Waals surface area contributed by atoms with E-state index in [1.165, 1.54) is 0 Å². The summed E-state index contributed by atoms with van der Waals surface area (Å²) in [5.74, 6) is -2.45. The Labute approximate surface area is 105 Å². The van der Waals surface area contributed by atoms with Gasteiger partial charge in [0.1, 0.15) is 5.69 Å². The smallest absolute Gasteiger partial charge is 0.503 e. The maximum atomic E-state index is 12.4. The van der Waals surface area contributed by atoms with E-state index in [-0.39, 0.29) is 11.4 Å². The minimum Gasteiger partial charge on any atom is -0.503 e. The van der Waals surface area contributed by atoms with Crippen LogP contribution in [0.5, 0.6) is 11.5 Å². The van der Waals surface area contributed by atoms with Gasteiger partial charge in [0.25, 0.3) is 0 Å². The molecule has 1 rings (SSSR count). The molecule has 0 aliphatic heterocycles. The number of ether oxygens (including phenoxy) is 1. The first-order valence-electron chi connectivity index (χ1n) is 4.16. The first-order chi connectivity index (χ1) is 8.04.